The molecule has 0 spiro atoms. The first kappa shape index (κ1) is 14.9. The number of carbonyl (C=O) groups is 1. The Morgan fingerprint density at radius 3 is 2.27 bits per heavy atom. The zero-order valence-corrected chi connectivity index (χ0v) is 11.1. The highest BCUT2D eigenvalue weighted by atomic mass is 31.2. The summed E-state index contributed by atoms with van der Waals surface area (Å²) in [4.78, 5) is 20.7. The smallest absolute Gasteiger partial charge is 0.201 e. The Morgan fingerprint density at radius 1 is 1.33 bits per heavy atom. The molecule has 15 heavy (non-hydrogen) atoms. The molecule has 0 bridgehead atoms. The van der Waals surface area contributed by atoms with Crippen molar-refractivity contribution < 1.29 is 14.3 Å². The molecule has 1 N–H and O–H groups in total. The van der Waals surface area contributed by atoms with Crippen molar-refractivity contribution in [2.45, 2.75) is 40.5 Å². The standard InChI is InChI=1S/C11H23O3P/c1-5-6-9(2)7-15(13,14)8-10(3)11(4)12/h9-10H,5-8H2,1-4H3,(H,13,14). The van der Waals surface area contributed by atoms with Crippen molar-refractivity contribution in [2.24, 2.45) is 11.8 Å². The molecule has 0 fully saturated rings. The Kier molecular flexibility index (Phi) is 6.38. The second-order valence-electron chi connectivity index (χ2n) is 4.62. The van der Waals surface area contributed by atoms with E-state index in [0.29, 0.717) is 6.16 Å². The van der Waals surface area contributed by atoms with Crippen LogP contribution in [0.5, 0.6) is 0 Å². The van der Waals surface area contributed by atoms with Crippen LogP contribution in [0.4, 0.5) is 0 Å². The fraction of sp³-hybridized carbons (Fsp3) is 0.909. The monoisotopic (exact) mass is 234 g/mol. The molecule has 0 saturated heterocycles. The van der Waals surface area contributed by atoms with Gasteiger partial charge in [0.15, 0.2) is 0 Å². The molecular weight excluding hydrogens is 211 g/mol. The number of hydrogen-bond donors (Lipinski definition) is 1. The molecule has 4 heteroatoms. The van der Waals surface area contributed by atoms with E-state index in [0.717, 1.165) is 12.8 Å². The van der Waals surface area contributed by atoms with Gasteiger partial charge in [-0.15, -0.1) is 0 Å². The van der Waals surface area contributed by atoms with E-state index in [-0.39, 0.29) is 23.8 Å². The molecule has 0 aromatic rings. The molecule has 0 aliphatic heterocycles. The fourth-order valence-electron chi connectivity index (χ4n) is 1.70. The highest BCUT2D eigenvalue weighted by Gasteiger charge is 2.25. The lowest BCUT2D eigenvalue weighted by atomic mass is 10.1. The van der Waals surface area contributed by atoms with Gasteiger partial charge >= 0.3 is 0 Å². The summed E-state index contributed by atoms with van der Waals surface area (Å²) in [6.45, 7) is 7.25. The number of rotatable bonds is 7. The van der Waals surface area contributed by atoms with Gasteiger partial charge in [0.25, 0.3) is 0 Å². The maximum atomic E-state index is 11.8. The molecule has 0 aromatic carbocycles. The van der Waals surface area contributed by atoms with Crippen LogP contribution in [0.3, 0.4) is 0 Å². The predicted molar refractivity (Wildman–Crippen MR) is 63.5 cm³/mol. The topological polar surface area (TPSA) is 54.4 Å². The molecule has 3 nitrogen and oxygen atoms in total. The Balaban J connectivity index is 4.18. The van der Waals surface area contributed by atoms with E-state index in [1.165, 1.54) is 6.92 Å². The molecule has 0 rings (SSSR count). The zero-order valence-electron chi connectivity index (χ0n) is 10.2. The molecule has 0 amide bonds. The highest BCUT2D eigenvalue weighted by Crippen LogP contribution is 2.45. The number of carbonyl (C=O) groups excluding carboxylic acids is 1. The second kappa shape index (κ2) is 6.44. The van der Waals surface area contributed by atoms with Crippen LogP contribution in [0.15, 0.2) is 0 Å². The summed E-state index contributed by atoms with van der Waals surface area (Å²) in [7, 11) is -3.11. The molecule has 0 aliphatic rings. The normalized spacial score (nSPS) is 19.3. The van der Waals surface area contributed by atoms with E-state index in [2.05, 4.69) is 6.92 Å². The Bertz CT molecular complexity index is 250. The van der Waals surface area contributed by atoms with Gasteiger partial charge in [0.2, 0.25) is 7.37 Å². The van der Waals surface area contributed by atoms with Gasteiger partial charge in [0.05, 0.1) is 0 Å². The quantitative estimate of drug-likeness (QED) is 0.689. The van der Waals surface area contributed by atoms with Gasteiger partial charge in [0.1, 0.15) is 5.78 Å². The van der Waals surface area contributed by atoms with Crippen LogP contribution in [0, 0.1) is 11.8 Å². The zero-order chi connectivity index (χ0) is 12.1. The summed E-state index contributed by atoms with van der Waals surface area (Å²) in [5.41, 5.74) is 0. The Hall–Kier alpha value is -0.140. The summed E-state index contributed by atoms with van der Waals surface area (Å²) in [5, 5.41) is 0. The van der Waals surface area contributed by atoms with Gasteiger partial charge in [-0.1, -0.05) is 33.6 Å². The third kappa shape index (κ3) is 6.86. The number of ketones is 1. The van der Waals surface area contributed by atoms with Crippen LogP contribution < -0.4 is 0 Å². The average Bonchev–Trinajstić information content (AvgIpc) is 2.01. The van der Waals surface area contributed by atoms with Crippen LogP contribution in [0.2, 0.25) is 0 Å². The molecule has 3 unspecified atom stereocenters. The van der Waals surface area contributed by atoms with Gasteiger partial charge in [-0.05, 0) is 12.8 Å². The van der Waals surface area contributed by atoms with Crippen molar-refractivity contribution in [1.29, 1.82) is 0 Å². The van der Waals surface area contributed by atoms with Crippen molar-refractivity contribution in [3.63, 3.8) is 0 Å². The van der Waals surface area contributed by atoms with Gasteiger partial charge in [0, 0.05) is 18.2 Å². The lowest BCUT2D eigenvalue weighted by molar-refractivity contribution is -0.119. The van der Waals surface area contributed by atoms with Crippen molar-refractivity contribution in [3.05, 3.63) is 0 Å². The maximum Gasteiger partial charge on any atom is 0.201 e. The van der Waals surface area contributed by atoms with E-state index in [1.807, 2.05) is 6.92 Å². The first-order chi connectivity index (χ1) is 6.78. The summed E-state index contributed by atoms with van der Waals surface area (Å²) in [6.07, 6.45) is 2.48. The Morgan fingerprint density at radius 2 is 1.87 bits per heavy atom. The van der Waals surface area contributed by atoms with Gasteiger partial charge in [-0.2, -0.15) is 0 Å². The van der Waals surface area contributed by atoms with Crippen LogP contribution in [0.25, 0.3) is 0 Å². The average molecular weight is 234 g/mol. The minimum Gasteiger partial charge on any atom is -0.344 e. The predicted octanol–water partition coefficient (Wildman–Crippen LogP) is 2.92. The summed E-state index contributed by atoms with van der Waals surface area (Å²) < 4.78 is 11.8. The molecule has 3 atom stereocenters. The molecule has 0 radical (unpaired) electrons. The first-order valence-electron chi connectivity index (χ1n) is 5.59. The molecule has 0 aliphatic carbocycles. The number of Topliss-reactive ketones (excluding diaryl/α,β-unsaturated/α-hetero) is 1. The minimum atomic E-state index is -3.11. The lowest BCUT2D eigenvalue weighted by Crippen LogP contribution is -2.14. The van der Waals surface area contributed by atoms with Gasteiger partial charge in [-0.25, -0.2) is 0 Å². The van der Waals surface area contributed by atoms with E-state index < -0.39 is 7.37 Å². The minimum absolute atomic E-state index is 0.00702. The van der Waals surface area contributed by atoms with Gasteiger partial charge in [-0.3, -0.25) is 9.36 Å². The van der Waals surface area contributed by atoms with Crippen molar-refractivity contribution >= 4 is 13.2 Å². The SMILES string of the molecule is CCCC(C)CP(=O)(O)CC(C)C(C)=O. The highest BCUT2D eigenvalue weighted by molar-refractivity contribution is 7.58. The van der Waals surface area contributed by atoms with Crippen LogP contribution >= 0.6 is 7.37 Å². The first-order valence-corrected chi connectivity index (χ1v) is 7.62. The van der Waals surface area contributed by atoms with E-state index in [4.69, 9.17) is 0 Å². The largest absolute Gasteiger partial charge is 0.344 e. The van der Waals surface area contributed by atoms with Crippen LogP contribution in [-0.2, 0) is 9.36 Å². The van der Waals surface area contributed by atoms with Crippen LogP contribution in [0.1, 0.15) is 40.5 Å². The van der Waals surface area contributed by atoms with Crippen LogP contribution in [-0.4, -0.2) is 23.0 Å². The molecule has 0 saturated carbocycles. The summed E-state index contributed by atoms with van der Waals surface area (Å²) in [6, 6.07) is 0. The summed E-state index contributed by atoms with van der Waals surface area (Å²) >= 11 is 0. The van der Waals surface area contributed by atoms with Crippen molar-refractivity contribution in [1.82, 2.24) is 0 Å². The third-order valence-corrected chi connectivity index (χ3v) is 4.94. The molecular formula is C11H23O3P. The lowest BCUT2D eigenvalue weighted by Gasteiger charge is -2.18. The maximum absolute atomic E-state index is 11.8. The molecule has 90 valence electrons. The van der Waals surface area contributed by atoms with E-state index in [9.17, 15) is 14.3 Å². The Labute approximate surface area is 92.7 Å². The van der Waals surface area contributed by atoms with Gasteiger partial charge < -0.3 is 4.89 Å². The van der Waals surface area contributed by atoms with E-state index in [1.54, 1.807) is 6.92 Å². The fourth-order valence-corrected chi connectivity index (χ4v) is 4.12. The third-order valence-electron chi connectivity index (χ3n) is 2.63. The number of hydrogen-bond acceptors (Lipinski definition) is 2. The molecule has 0 heterocycles. The summed E-state index contributed by atoms with van der Waals surface area (Å²) in [5.74, 6) is -0.0351. The second-order valence-corrected chi connectivity index (χ2v) is 7.04. The molecule has 0 aromatic heterocycles. The van der Waals surface area contributed by atoms with Crippen molar-refractivity contribution in [2.75, 3.05) is 12.3 Å². The van der Waals surface area contributed by atoms with E-state index >= 15 is 0 Å². The van der Waals surface area contributed by atoms with Crippen molar-refractivity contribution in [3.8, 4) is 0 Å².